The van der Waals surface area contributed by atoms with Crippen LogP contribution in [0.15, 0.2) is 42.5 Å². The molecule has 0 unspecified atom stereocenters. The first-order valence-corrected chi connectivity index (χ1v) is 6.13. The van der Waals surface area contributed by atoms with E-state index >= 15 is 0 Å². The topological polar surface area (TPSA) is 73.3 Å². The highest BCUT2D eigenvalue weighted by molar-refractivity contribution is 5.92. The number of amides is 1. The quantitative estimate of drug-likeness (QED) is 0.803. The van der Waals surface area contributed by atoms with Crippen LogP contribution in [-0.2, 0) is 0 Å². The Morgan fingerprint density at radius 2 is 1.95 bits per heavy atom. The number of benzene rings is 1. The molecule has 0 aliphatic carbocycles. The number of carbonyl (C=O) groups is 1. The fourth-order valence-electron chi connectivity index (χ4n) is 1.49. The molecular formula is C14H15N3O3. The average Bonchev–Trinajstić information content (AvgIpc) is 2.52. The molecular weight excluding hydrogens is 258 g/mol. The van der Waals surface area contributed by atoms with Crippen molar-refractivity contribution in [3.05, 3.63) is 48.2 Å². The van der Waals surface area contributed by atoms with E-state index in [1.54, 1.807) is 12.1 Å². The van der Waals surface area contributed by atoms with Crippen LogP contribution < -0.4 is 14.8 Å². The zero-order valence-corrected chi connectivity index (χ0v) is 11.1. The van der Waals surface area contributed by atoms with Gasteiger partial charge in [0.25, 0.3) is 5.91 Å². The molecule has 1 heterocycles. The minimum absolute atomic E-state index is 0.241. The lowest BCUT2D eigenvalue weighted by Crippen LogP contribution is -2.28. The highest BCUT2D eigenvalue weighted by Gasteiger charge is 2.07. The number of carbonyl (C=O) groups excluding carboxylic acids is 1. The summed E-state index contributed by atoms with van der Waals surface area (Å²) in [4.78, 5) is 11.7. The second-order valence-corrected chi connectivity index (χ2v) is 3.88. The Bertz CT molecular complexity index is 543. The summed E-state index contributed by atoms with van der Waals surface area (Å²) in [6, 6.07) is 12.5. The van der Waals surface area contributed by atoms with Crippen molar-refractivity contribution in [2.24, 2.45) is 0 Å². The molecule has 1 amide bonds. The molecule has 0 spiro atoms. The lowest BCUT2D eigenvalue weighted by molar-refractivity contribution is 0.0940. The molecule has 6 nitrogen and oxygen atoms in total. The first kappa shape index (κ1) is 13.8. The second kappa shape index (κ2) is 7.08. The SMILES string of the molecule is COc1ccc(C(=O)NCCOc2ccccc2)nn1. The third-order valence-corrected chi connectivity index (χ3v) is 2.48. The van der Waals surface area contributed by atoms with Crippen molar-refractivity contribution in [2.75, 3.05) is 20.3 Å². The zero-order valence-electron chi connectivity index (χ0n) is 11.1. The molecule has 2 rings (SSSR count). The summed E-state index contributed by atoms with van der Waals surface area (Å²) in [6.07, 6.45) is 0. The molecule has 0 fully saturated rings. The maximum atomic E-state index is 11.7. The average molecular weight is 273 g/mol. The zero-order chi connectivity index (χ0) is 14.2. The molecule has 1 N–H and O–H groups in total. The summed E-state index contributed by atoms with van der Waals surface area (Å²) in [6.45, 7) is 0.779. The van der Waals surface area contributed by atoms with Crippen LogP contribution in [0, 0.1) is 0 Å². The number of nitrogens with zero attached hydrogens (tertiary/aromatic N) is 2. The first-order chi connectivity index (χ1) is 9.79. The normalized spacial score (nSPS) is 9.85. The van der Waals surface area contributed by atoms with E-state index in [2.05, 4.69) is 15.5 Å². The van der Waals surface area contributed by atoms with Gasteiger partial charge in [-0.25, -0.2) is 0 Å². The predicted molar refractivity (Wildman–Crippen MR) is 72.9 cm³/mol. The molecule has 0 radical (unpaired) electrons. The standard InChI is InChI=1S/C14H15N3O3/c1-19-13-8-7-12(16-17-13)14(18)15-9-10-20-11-5-3-2-4-6-11/h2-8H,9-10H2,1H3,(H,15,18). The lowest BCUT2D eigenvalue weighted by Gasteiger charge is -2.07. The van der Waals surface area contributed by atoms with Gasteiger partial charge in [0.1, 0.15) is 12.4 Å². The van der Waals surface area contributed by atoms with Crippen LogP contribution in [0.2, 0.25) is 0 Å². The Morgan fingerprint density at radius 1 is 1.15 bits per heavy atom. The lowest BCUT2D eigenvalue weighted by atomic mass is 10.3. The molecule has 2 aromatic rings. The van der Waals surface area contributed by atoms with Crippen LogP contribution in [0.4, 0.5) is 0 Å². The van der Waals surface area contributed by atoms with E-state index in [4.69, 9.17) is 9.47 Å². The van der Waals surface area contributed by atoms with E-state index in [0.29, 0.717) is 19.0 Å². The van der Waals surface area contributed by atoms with Crippen molar-refractivity contribution in [3.8, 4) is 11.6 Å². The van der Waals surface area contributed by atoms with Gasteiger partial charge in [-0.1, -0.05) is 18.2 Å². The predicted octanol–water partition coefficient (Wildman–Crippen LogP) is 1.29. The smallest absolute Gasteiger partial charge is 0.271 e. The van der Waals surface area contributed by atoms with E-state index in [1.165, 1.54) is 7.11 Å². The van der Waals surface area contributed by atoms with Gasteiger partial charge in [0, 0.05) is 6.07 Å². The number of hydrogen-bond donors (Lipinski definition) is 1. The van der Waals surface area contributed by atoms with Crippen molar-refractivity contribution in [3.63, 3.8) is 0 Å². The largest absolute Gasteiger partial charge is 0.492 e. The van der Waals surface area contributed by atoms with Crippen LogP contribution in [0.25, 0.3) is 0 Å². The fourth-order valence-corrected chi connectivity index (χ4v) is 1.49. The molecule has 1 aromatic heterocycles. The van der Waals surface area contributed by atoms with Crippen LogP contribution >= 0.6 is 0 Å². The summed E-state index contributed by atoms with van der Waals surface area (Å²) in [5.74, 6) is 0.844. The molecule has 0 saturated carbocycles. The number of rotatable bonds is 6. The van der Waals surface area contributed by atoms with Gasteiger partial charge in [0.05, 0.1) is 13.7 Å². The van der Waals surface area contributed by atoms with Gasteiger partial charge in [-0.3, -0.25) is 4.79 Å². The summed E-state index contributed by atoms with van der Waals surface area (Å²) < 4.78 is 10.3. The number of methoxy groups -OCH3 is 1. The Hall–Kier alpha value is -2.63. The van der Waals surface area contributed by atoms with Gasteiger partial charge >= 0.3 is 0 Å². The van der Waals surface area contributed by atoms with Crippen LogP contribution in [0.1, 0.15) is 10.5 Å². The highest BCUT2D eigenvalue weighted by Crippen LogP contribution is 2.07. The monoisotopic (exact) mass is 273 g/mol. The summed E-state index contributed by atoms with van der Waals surface area (Å²) >= 11 is 0. The molecule has 6 heteroatoms. The van der Waals surface area contributed by atoms with E-state index in [0.717, 1.165) is 5.75 Å². The molecule has 20 heavy (non-hydrogen) atoms. The Morgan fingerprint density at radius 3 is 2.60 bits per heavy atom. The molecule has 0 bridgehead atoms. The minimum atomic E-state index is -0.295. The number of hydrogen-bond acceptors (Lipinski definition) is 5. The van der Waals surface area contributed by atoms with Crippen molar-refractivity contribution in [1.82, 2.24) is 15.5 Å². The fraction of sp³-hybridized carbons (Fsp3) is 0.214. The molecule has 1 aromatic carbocycles. The number of ether oxygens (including phenoxy) is 2. The van der Waals surface area contributed by atoms with Gasteiger partial charge < -0.3 is 14.8 Å². The van der Waals surface area contributed by atoms with Crippen LogP contribution in [-0.4, -0.2) is 36.4 Å². The van der Waals surface area contributed by atoms with Crippen molar-refractivity contribution in [2.45, 2.75) is 0 Å². The number of nitrogens with one attached hydrogen (secondary N) is 1. The van der Waals surface area contributed by atoms with Gasteiger partial charge in [-0.15, -0.1) is 10.2 Å². The molecule has 0 aliphatic rings. The van der Waals surface area contributed by atoms with Gasteiger partial charge in [-0.2, -0.15) is 0 Å². The van der Waals surface area contributed by atoms with Crippen molar-refractivity contribution in [1.29, 1.82) is 0 Å². The van der Waals surface area contributed by atoms with Gasteiger partial charge in [0.2, 0.25) is 5.88 Å². The number of para-hydroxylation sites is 1. The van der Waals surface area contributed by atoms with Crippen molar-refractivity contribution < 1.29 is 14.3 Å². The third-order valence-electron chi connectivity index (χ3n) is 2.48. The third kappa shape index (κ3) is 3.94. The molecule has 0 atom stereocenters. The second-order valence-electron chi connectivity index (χ2n) is 3.88. The van der Waals surface area contributed by atoms with E-state index in [-0.39, 0.29) is 11.6 Å². The maximum Gasteiger partial charge on any atom is 0.271 e. The summed E-state index contributed by atoms with van der Waals surface area (Å²) in [7, 11) is 1.49. The first-order valence-electron chi connectivity index (χ1n) is 6.13. The van der Waals surface area contributed by atoms with E-state index < -0.39 is 0 Å². The van der Waals surface area contributed by atoms with Crippen LogP contribution in [0.5, 0.6) is 11.6 Å². The molecule has 0 saturated heterocycles. The Kier molecular flexibility index (Phi) is 4.88. The van der Waals surface area contributed by atoms with Crippen molar-refractivity contribution >= 4 is 5.91 Å². The molecule has 0 aliphatic heterocycles. The van der Waals surface area contributed by atoms with E-state index in [1.807, 2.05) is 30.3 Å². The summed E-state index contributed by atoms with van der Waals surface area (Å²) in [5, 5.41) is 10.2. The number of aromatic nitrogens is 2. The maximum absolute atomic E-state index is 11.7. The van der Waals surface area contributed by atoms with E-state index in [9.17, 15) is 4.79 Å². The Labute approximate surface area is 116 Å². The van der Waals surface area contributed by atoms with Gasteiger partial charge in [-0.05, 0) is 18.2 Å². The molecule has 104 valence electrons. The van der Waals surface area contributed by atoms with Crippen LogP contribution in [0.3, 0.4) is 0 Å². The minimum Gasteiger partial charge on any atom is -0.492 e. The highest BCUT2D eigenvalue weighted by atomic mass is 16.5. The Balaban J connectivity index is 1.74. The summed E-state index contributed by atoms with van der Waals surface area (Å²) in [5.41, 5.74) is 0.241. The van der Waals surface area contributed by atoms with Gasteiger partial charge in [0.15, 0.2) is 5.69 Å².